The molecule has 8 N–H and O–H groups in total. The summed E-state index contributed by atoms with van der Waals surface area (Å²) in [5, 5.41) is 75.7. The normalized spacial score (nSPS) is 20.3. The molecule has 0 aliphatic carbocycles. The van der Waals surface area contributed by atoms with Gasteiger partial charge < -0.3 is 50.5 Å². The Labute approximate surface area is 441 Å². The Bertz CT molecular complexity index is 1260. The Morgan fingerprint density at radius 3 is 1.31 bits per heavy atom. The number of allylic oxidation sites excluding steroid dienone is 6. The SMILES string of the molecule is CC/C=C/CC/C=C/CCCC(O)C(O)C(COC1OC(CO)C(O)C(O)C1O)NC(=O)C(O)CCCCCCCCCCCCCCCCCC/C=C\CCCCCCCCCCCCCCCCCC. The van der Waals surface area contributed by atoms with Crippen LogP contribution in [0.5, 0.6) is 0 Å². The van der Waals surface area contributed by atoms with E-state index in [2.05, 4.69) is 49.5 Å². The minimum atomic E-state index is -1.67. The molecule has 1 saturated heterocycles. The second-order valence-corrected chi connectivity index (χ2v) is 21.4. The van der Waals surface area contributed by atoms with Crippen LogP contribution in [0.15, 0.2) is 36.5 Å². The van der Waals surface area contributed by atoms with Crippen LogP contribution < -0.4 is 5.32 Å². The van der Waals surface area contributed by atoms with Gasteiger partial charge in [0.15, 0.2) is 6.29 Å². The zero-order chi connectivity index (χ0) is 52.5. The van der Waals surface area contributed by atoms with E-state index in [9.17, 15) is 40.5 Å². The number of aliphatic hydroxyl groups is 7. The third kappa shape index (κ3) is 38.0. The first-order valence-electron chi connectivity index (χ1n) is 30.4. The van der Waals surface area contributed by atoms with Gasteiger partial charge in [0.05, 0.1) is 25.4 Å². The predicted molar refractivity (Wildman–Crippen MR) is 298 cm³/mol. The zero-order valence-electron chi connectivity index (χ0n) is 46.4. The van der Waals surface area contributed by atoms with E-state index < -0.39 is 74.2 Å². The van der Waals surface area contributed by atoms with Crippen molar-refractivity contribution in [2.75, 3.05) is 13.2 Å². The van der Waals surface area contributed by atoms with E-state index in [1.54, 1.807) is 0 Å². The van der Waals surface area contributed by atoms with E-state index in [-0.39, 0.29) is 12.8 Å². The van der Waals surface area contributed by atoms with E-state index in [0.29, 0.717) is 19.3 Å². The quantitative estimate of drug-likeness (QED) is 0.0215. The molecular formula is C61H115NO10. The highest BCUT2D eigenvalue weighted by atomic mass is 16.7. The molecule has 9 atom stereocenters. The summed E-state index contributed by atoms with van der Waals surface area (Å²) in [5.41, 5.74) is 0. The van der Waals surface area contributed by atoms with Crippen molar-refractivity contribution in [3.05, 3.63) is 36.5 Å². The Hall–Kier alpha value is -1.67. The summed E-state index contributed by atoms with van der Waals surface area (Å²) >= 11 is 0. The largest absolute Gasteiger partial charge is 0.394 e. The molecule has 0 saturated carbocycles. The molecule has 11 heteroatoms. The highest BCUT2D eigenvalue weighted by Crippen LogP contribution is 2.23. The fourth-order valence-electron chi connectivity index (χ4n) is 9.76. The molecule has 0 bridgehead atoms. The topological polar surface area (TPSA) is 189 Å². The number of carbonyl (C=O) groups is 1. The van der Waals surface area contributed by atoms with Gasteiger partial charge in [0.1, 0.15) is 36.6 Å². The molecule has 1 aliphatic heterocycles. The summed E-state index contributed by atoms with van der Waals surface area (Å²) < 4.78 is 11.1. The minimum absolute atomic E-state index is 0.245. The summed E-state index contributed by atoms with van der Waals surface area (Å²) in [6, 6.07) is -1.19. The molecule has 0 aromatic heterocycles. The lowest BCUT2D eigenvalue weighted by Crippen LogP contribution is -2.60. The van der Waals surface area contributed by atoms with Crippen molar-refractivity contribution in [3.8, 4) is 0 Å². The molecule has 1 rings (SSSR count). The number of hydrogen-bond acceptors (Lipinski definition) is 10. The third-order valence-electron chi connectivity index (χ3n) is 14.7. The molecule has 1 aliphatic rings. The lowest BCUT2D eigenvalue weighted by atomic mass is 9.98. The maximum atomic E-state index is 13.1. The molecular weight excluding hydrogens is 907 g/mol. The van der Waals surface area contributed by atoms with Gasteiger partial charge in [0.2, 0.25) is 5.91 Å². The molecule has 9 unspecified atom stereocenters. The molecule has 0 aromatic rings. The summed E-state index contributed by atoms with van der Waals surface area (Å²) in [6.45, 7) is 3.31. The average molecular weight is 1020 g/mol. The number of amides is 1. The Morgan fingerprint density at radius 1 is 0.486 bits per heavy atom. The standard InChI is InChI=1S/C61H115NO10/c1-3-5-7-9-11-13-14-15-16-17-18-19-20-21-22-23-24-25-26-27-28-29-30-31-32-33-34-35-36-37-38-39-41-43-45-47-49-54(65)60(70)62-52(51-71-61-59(69)58(68)57(67)55(50-63)72-61)56(66)53(64)48-46-44-42-40-12-10-8-6-4-2/h6,8,25-26,40,42,52-59,61,63-69H,3-5,7,9-24,27-39,41,43-51H2,1-2H3,(H,62,70)/b8-6+,26-25-,42-40+. The molecule has 0 aromatic carbocycles. The van der Waals surface area contributed by atoms with Crippen molar-refractivity contribution in [1.29, 1.82) is 0 Å². The first-order valence-corrected chi connectivity index (χ1v) is 30.4. The van der Waals surface area contributed by atoms with Gasteiger partial charge in [0.25, 0.3) is 0 Å². The van der Waals surface area contributed by atoms with Crippen LogP contribution >= 0.6 is 0 Å². The van der Waals surface area contributed by atoms with E-state index in [4.69, 9.17) is 9.47 Å². The number of carbonyl (C=O) groups excluding carboxylic acids is 1. The van der Waals surface area contributed by atoms with Crippen LogP contribution in [0.4, 0.5) is 0 Å². The van der Waals surface area contributed by atoms with Gasteiger partial charge in [-0.1, -0.05) is 243 Å². The highest BCUT2D eigenvalue weighted by Gasteiger charge is 2.44. The fraction of sp³-hybridized carbons (Fsp3) is 0.885. The van der Waals surface area contributed by atoms with Crippen LogP contribution in [0.25, 0.3) is 0 Å². The van der Waals surface area contributed by atoms with Gasteiger partial charge in [-0.25, -0.2) is 0 Å². The second kappa shape index (κ2) is 50.2. The molecule has 1 fully saturated rings. The number of ether oxygens (including phenoxy) is 2. The van der Waals surface area contributed by atoms with Crippen LogP contribution in [0, 0.1) is 0 Å². The number of hydrogen-bond donors (Lipinski definition) is 8. The molecule has 424 valence electrons. The highest BCUT2D eigenvalue weighted by molar-refractivity contribution is 5.80. The van der Waals surface area contributed by atoms with Crippen LogP contribution in [-0.2, 0) is 14.3 Å². The van der Waals surface area contributed by atoms with Crippen LogP contribution in [0.3, 0.4) is 0 Å². The van der Waals surface area contributed by atoms with E-state index in [1.165, 1.54) is 193 Å². The first-order chi connectivity index (χ1) is 35.2. The smallest absolute Gasteiger partial charge is 0.249 e. The summed E-state index contributed by atoms with van der Waals surface area (Å²) in [7, 11) is 0. The zero-order valence-corrected chi connectivity index (χ0v) is 46.4. The minimum Gasteiger partial charge on any atom is -0.394 e. The lowest BCUT2D eigenvalue weighted by molar-refractivity contribution is -0.303. The van der Waals surface area contributed by atoms with Gasteiger partial charge in [-0.05, 0) is 70.6 Å². The Balaban J connectivity index is 2.10. The first kappa shape index (κ1) is 68.3. The van der Waals surface area contributed by atoms with Gasteiger partial charge in [-0.2, -0.15) is 0 Å². The second-order valence-electron chi connectivity index (χ2n) is 21.4. The third-order valence-corrected chi connectivity index (χ3v) is 14.7. The van der Waals surface area contributed by atoms with Crippen molar-refractivity contribution in [3.63, 3.8) is 0 Å². The van der Waals surface area contributed by atoms with Crippen molar-refractivity contribution >= 4 is 5.91 Å². The van der Waals surface area contributed by atoms with Gasteiger partial charge in [-0.15, -0.1) is 0 Å². The molecule has 1 amide bonds. The van der Waals surface area contributed by atoms with Gasteiger partial charge >= 0.3 is 0 Å². The summed E-state index contributed by atoms with van der Waals surface area (Å²) in [5.74, 6) is -0.710. The molecule has 0 radical (unpaired) electrons. The maximum absolute atomic E-state index is 13.1. The Morgan fingerprint density at radius 2 is 0.875 bits per heavy atom. The van der Waals surface area contributed by atoms with Gasteiger partial charge in [0, 0.05) is 0 Å². The van der Waals surface area contributed by atoms with E-state index in [1.807, 2.05) is 6.08 Å². The molecule has 11 nitrogen and oxygen atoms in total. The number of unbranched alkanes of at least 4 members (excludes halogenated alkanes) is 34. The molecule has 72 heavy (non-hydrogen) atoms. The van der Waals surface area contributed by atoms with E-state index >= 15 is 0 Å². The van der Waals surface area contributed by atoms with Crippen LogP contribution in [0.1, 0.15) is 277 Å². The van der Waals surface area contributed by atoms with E-state index in [0.717, 1.165) is 38.5 Å². The summed E-state index contributed by atoms with van der Waals surface area (Å²) in [4.78, 5) is 13.1. The van der Waals surface area contributed by atoms with Crippen LogP contribution in [-0.4, -0.2) is 110 Å². The van der Waals surface area contributed by atoms with Gasteiger partial charge in [-0.3, -0.25) is 4.79 Å². The van der Waals surface area contributed by atoms with Crippen molar-refractivity contribution < 1.29 is 50.0 Å². The summed E-state index contributed by atoms with van der Waals surface area (Å²) in [6.07, 6.45) is 51.4. The monoisotopic (exact) mass is 1020 g/mol. The lowest BCUT2D eigenvalue weighted by Gasteiger charge is -2.40. The molecule has 0 spiro atoms. The average Bonchev–Trinajstić information content (AvgIpc) is 3.38. The number of rotatable bonds is 52. The number of aliphatic hydroxyl groups excluding tert-OH is 7. The van der Waals surface area contributed by atoms with Crippen molar-refractivity contribution in [2.24, 2.45) is 0 Å². The number of nitrogens with one attached hydrogen (secondary N) is 1. The Kier molecular flexibility index (Phi) is 47.6. The van der Waals surface area contributed by atoms with Crippen LogP contribution in [0.2, 0.25) is 0 Å². The van der Waals surface area contributed by atoms with Crippen molar-refractivity contribution in [2.45, 2.75) is 332 Å². The molecule has 1 heterocycles. The van der Waals surface area contributed by atoms with Crippen molar-refractivity contribution in [1.82, 2.24) is 5.32 Å². The predicted octanol–water partition coefficient (Wildman–Crippen LogP) is 13.1. The maximum Gasteiger partial charge on any atom is 0.249 e. The fourth-order valence-corrected chi connectivity index (χ4v) is 9.76.